The van der Waals surface area contributed by atoms with Gasteiger partial charge in [-0.25, -0.2) is 9.97 Å². The fourth-order valence-corrected chi connectivity index (χ4v) is 5.09. The molecule has 1 saturated carbocycles. The SMILES string of the molecule is CC(OC=O)c1ccccc1Cl.CNc1cnoc1-c1ccc(-c2ccc(C3(C(=O)O)CC3)cc2)c2ncncc12. The molecular weight excluding hydrogens is 544 g/mol. The van der Waals surface area contributed by atoms with Gasteiger partial charge in [0.25, 0.3) is 6.47 Å². The van der Waals surface area contributed by atoms with Crippen LogP contribution in [-0.2, 0) is 19.7 Å². The molecule has 5 aromatic rings. The lowest BCUT2D eigenvalue weighted by molar-refractivity contribution is -0.140. The minimum atomic E-state index is -0.750. The van der Waals surface area contributed by atoms with Gasteiger partial charge in [0, 0.05) is 40.3 Å². The van der Waals surface area contributed by atoms with Gasteiger partial charge < -0.3 is 19.7 Å². The summed E-state index contributed by atoms with van der Waals surface area (Å²) in [5, 5.41) is 17.9. The number of nitrogens with zero attached hydrogens (tertiary/aromatic N) is 3. The van der Waals surface area contributed by atoms with Gasteiger partial charge in [0.15, 0.2) is 5.76 Å². The third kappa shape index (κ3) is 5.49. The van der Waals surface area contributed by atoms with E-state index in [-0.39, 0.29) is 6.10 Å². The maximum atomic E-state index is 11.6. The number of carbonyl (C=O) groups excluding carboxylic acids is 1. The fourth-order valence-electron chi connectivity index (χ4n) is 4.80. The average Bonchev–Trinajstić information content (AvgIpc) is 3.68. The normalized spacial score (nSPS) is 13.9. The predicted molar refractivity (Wildman–Crippen MR) is 156 cm³/mol. The number of benzene rings is 3. The van der Waals surface area contributed by atoms with Crippen LogP contribution in [0.25, 0.3) is 33.4 Å². The summed E-state index contributed by atoms with van der Waals surface area (Å²) in [6, 6.07) is 19.0. The van der Waals surface area contributed by atoms with E-state index >= 15 is 0 Å². The third-order valence-corrected chi connectivity index (χ3v) is 7.61. The summed E-state index contributed by atoms with van der Waals surface area (Å²) in [7, 11) is 1.81. The van der Waals surface area contributed by atoms with Gasteiger partial charge in [-0.1, -0.05) is 65.3 Å². The molecule has 9 nitrogen and oxygen atoms in total. The number of carboxylic acid groups (broad SMARTS) is 1. The highest BCUT2D eigenvalue weighted by atomic mass is 35.5. The number of nitrogens with one attached hydrogen (secondary N) is 1. The molecule has 0 spiro atoms. The Hall–Kier alpha value is -4.76. The molecule has 0 bridgehead atoms. The standard InChI is InChI=1S/C22H18N4O3.C9H9ClO2/c1-23-18-11-26-29-20(18)16-7-6-15(19-17(16)10-24-12-25-19)13-2-4-14(5-3-13)22(8-9-22)21(27)28;1-7(12-6-11)8-4-2-3-5-9(8)10/h2-7,10-12,23H,8-9H2,1H3,(H,27,28);2-7H,1H3. The van der Waals surface area contributed by atoms with E-state index in [2.05, 4.69) is 20.4 Å². The Balaban J connectivity index is 0.000000237. The van der Waals surface area contributed by atoms with Crippen LogP contribution in [0.5, 0.6) is 0 Å². The molecule has 0 aliphatic heterocycles. The van der Waals surface area contributed by atoms with E-state index in [0.29, 0.717) is 30.1 Å². The van der Waals surface area contributed by atoms with Crippen LogP contribution in [0, 0.1) is 0 Å². The van der Waals surface area contributed by atoms with E-state index in [0.717, 1.165) is 44.4 Å². The van der Waals surface area contributed by atoms with Crippen LogP contribution >= 0.6 is 11.6 Å². The highest BCUT2D eigenvalue weighted by Crippen LogP contribution is 2.49. The van der Waals surface area contributed by atoms with Crippen molar-refractivity contribution in [2.45, 2.75) is 31.3 Å². The Morgan fingerprint density at radius 3 is 2.49 bits per heavy atom. The van der Waals surface area contributed by atoms with Crippen LogP contribution in [0.3, 0.4) is 0 Å². The largest absolute Gasteiger partial charge is 0.481 e. The summed E-state index contributed by atoms with van der Waals surface area (Å²) < 4.78 is 10.2. The average molecular weight is 571 g/mol. The second kappa shape index (κ2) is 11.8. The third-order valence-electron chi connectivity index (χ3n) is 7.27. The quantitative estimate of drug-likeness (QED) is 0.196. The lowest BCUT2D eigenvalue weighted by Gasteiger charge is -2.13. The molecule has 10 heteroatoms. The van der Waals surface area contributed by atoms with Gasteiger partial charge in [0.2, 0.25) is 0 Å². The molecule has 0 amide bonds. The fraction of sp³-hybridized carbons (Fsp3) is 0.194. The number of hydrogen-bond acceptors (Lipinski definition) is 8. The Kier molecular flexibility index (Phi) is 7.98. The zero-order valence-corrected chi connectivity index (χ0v) is 23.1. The molecule has 41 heavy (non-hydrogen) atoms. The van der Waals surface area contributed by atoms with Crippen molar-refractivity contribution in [1.29, 1.82) is 0 Å². The molecule has 1 aliphatic rings. The number of aliphatic carboxylic acids is 1. The number of ether oxygens (including phenoxy) is 1. The van der Waals surface area contributed by atoms with Crippen molar-refractivity contribution in [3.8, 4) is 22.5 Å². The van der Waals surface area contributed by atoms with E-state index in [4.69, 9.17) is 20.9 Å². The summed E-state index contributed by atoms with van der Waals surface area (Å²) in [6.07, 6.45) is 6.02. The van der Waals surface area contributed by atoms with Crippen molar-refractivity contribution in [3.05, 3.63) is 95.5 Å². The topological polar surface area (TPSA) is 127 Å². The zero-order valence-electron chi connectivity index (χ0n) is 22.4. The van der Waals surface area contributed by atoms with Gasteiger partial charge in [0.05, 0.1) is 17.1 Å². The van der Waals surface area contributed by atoms with Crippen molar-refractivity contribution in [2.75, 3.05) is 12.4 Å². The van der Waals surface area contributed by atoms with Crippen LogP contribution in [0.4, 0.5) is 5.69 Å². The van der Waals surface area contributed by atoms with Crippen LogP contribution in [0.15, 0.2) is 83.9 Å². The number of rotatable bonds is 8. The Bertz CT molecular complexity index is 1700. The maximum Gasteiger partial charge on any atom is 0.314 e. The first-order valence-corrected chi connectivity index (χ1v) is 13.3. The first kappa shape index (κ1) is 27.8. The number of halogens is 1. The summed E-state index contributed by atoms with van der Waals surface area (Å²) in [5.41, 5.74) is 5.32. The van der Waals surface area contributed by atoms with Gasteiger partial charge in [-0.3, -0.25) is 9.59 Å². The van der Waals surface area contributed by atoms with Crippen molar-refractivity contribution < 1.29 is 24.0 Å². The summed E-state index contributed by atoms with van der Waals surface area (Å²) in [4.78, 5) is 30.3. The monoisotopic (exact) mass is 570 g/mol. The van der Waals surface area contributed by atoms with Crippen molar-refractivity contribution in [2.24, 2.45) is 0 Å². The van der Waals surface area contributed by atoms with Crippen molar-refractivity contribution in [1.82, 2.24) is 15.1 Å². The molecule has 0 radical (unpaired) electrons. The highest BCUT2D eigenvalue weighted by molar-refractivity contribution is 6.31. The molecule has 2 aromatic heterocycles. The van der Waals surface area contributed by atoms with Crippen LogP contribution in [0.2, 0.25) is 5.02 Å². The summed E-state index contributed by atoms with van der Waals surface area (Å²) >= 11 is 5.86. The first-order valence-electron chi connectivity index (χ1n) is 12.9. The lowest BCUT2D eigenvalue weighted by atomic mass is 9.92. The summed E-state index contributed by atoms with van der Waals surface area (Å²) in [6.45, 7) is 2.20. The van der Waals surface area contributed by atoms with Gasteiger partial charge in [-0.2, -0.15) is 0 Å². The minimum absolute atomic E-state index is 0.281. The molecule has 3 aromatic carbocycles. The molecule has 1 unspecified atom stereocenters. The summed E-state index contributed by atoms with van der Waals surface area (Å²) in [5.74, 6) is -0.119. The van der Waals surface area contributed by atoms with E-state index < -0.39 is 11.4 Å². The van der Waals surface area contributed by atoms with Gasteiger partial charge in [0.1, 0.15) is 18.1 Å². The van der Waals surface area contributed by atoms with E-state index in [1.54, 1.807) is 25.4 Å². The van der Waals surface area contributed by atoms with Gasteiger partial charge in [-0.05, 0) is 43.0 Å². The second-order valence-corrected chi connectivity index (χ2v) is 10.0. The van der Waals surface area contributed by atoms with Crippen LogP contribution in [-0.4, -0.2) is 39.7 Å². The molecule has 1 aliphatic carbocycles. The Morgan fingerprint density at radius 2 is 1.83 bits per heavy atom. The van der Waals surface area contributed by atoms with Gasteiger partial charge >= 0.3 is 5.97 Å². The smallest absolute Gasteiger partial charge is 0.314 e. The number of anilines is 1. The first-order chi connectivity index (χ1) is 19.9. The predicted octanol–water partition coefficient (Wildman–Crippen LogP) is 6.68. The molecule has 0 saturated heterocycles. The maximum absolute atomic E-state index is 11.6. The van der Waals surface area contributed by atoms with Crippen molar-refractivity contribution >= 4 is 40.6 Å². The van der Waals surface area contributed by atoms with E-state index in [1.165, 1.54) is 6.33 Å². The van der Waals surface area contributed by atoms with E-state index in [1.807, 2.05) is 61.6 Å². The molecule has 1 atom stereocenters. The number of carbonyl (C=O) groups is 2. The molecule has 2 heterocycles. The molecule has 208 valence electrons. The number of fused-ring (bicyclic) bond motifs is 1. The minimum Gasteiger partial charge on any atom is -0.481 e. The van der Waals surface area contributed by atoms with Gasteiger partial charge in [-0.15, -0.1) is 0 Å². The van der Waals surface area contributed by atoms with Crippen LogP contribution in [0.1, 0.15) is 37.0 Å². The number of aromatic nitrogens is 3. The second-order valence-electron chi connectivity index (χ2n) is 9.62. The molecule has 6 rings (SSSR count). The number of carboxylic acids is 1. The lowest BCUT2D eigenvalue weighted by Crippen LogP contribution is -2.19. The van der Waals surface area contributed by atoms with E-state index in [9.17, 15) is 14.7 Å². The Labute approximate surface area is 241 Å². The molecule has 1 fully saturated rings. The molecular formula is C31H27ClN4O5. The molecule has 2 N–H and O–H groups in total. The number of hydrogen-bond donors (Lipinski definition) is 2. The highest BCUT2D eigenvalue weighted by Gasteiger charge is 2.51. The van der Waals surface area contributed by atoms with Crippen molar-refractivity contribution in [3.63, 3.8) is 0 Å². The van der Waals surface area contributed by atoms with Crippen LogP contribution < -0.4 is 5.32 Å². The Morgan fingerprint density at radius 1 is 1.10 bits per heavy atom. The zero-order chi connectivity index (χ0) is 29.0.